The van der Waals surface area contributed by atoms with Crippen LogP contribution in [0.15, 0.2) is 30.3 Å². The Morgan fingerprint density at radius 1 is 1.22 bits per heavy atom. The van der Waals surface area contributed by atoms with E-state index in [0.717, 1.165) is 11.4 Å². The summed E-state index contributed by atoms with van der Waals surface area (Å²) in [4.78, 5) is 26.3. The quantitative estimate of drug-likeness (QED) is 0.813. The van der Waals surface area contributed by atoms with Gasteiger partial charge in [0, 0.05) is 5.69 Å². The maximum absolute atomic E-state index is 12.7. The lowest BCUT2D eigenvalue weighted by Crippen LogP contribution is -2.31. The van der Waals surface area contributed by atoms with E-state index in [1.807, 2.05) is 26.8 Å². The zero-order valence-corrected chi connectivity index (χ0v) is 13.4. The van der Waals surface area contributed by atoms with E-state index in [0.29, 0.717) is 18.0 Å². The Morgan fingerprint density at radius 3 is 2.48 bits per heavy atom. The van der Waals surface area contributed by atoms with Gasteiger partial charge in [0.2, 0.25) is 5.91 Å². The predicted molar refractivity (Wildman–Crippen MR) is 85.5 cm³/mol. The lowest BCUT2D eigenvalue weighted by atomic mass is 10.2. The molecular formula is C17H19N3O3. The molecule has 0 radical (unpaired) electrons. The molecular weight excluding hydrogens is 294 g/mol. The fraction of sp³-hybridized carbons (Fsp3) is 0.353. The molecule has 120 valence electrons. The Morgan fingerprint density at radius 2 is 1.91 bits per heavy atom. The molecule has 0 unspecified atom stereocenters. The normalized spacial score (nSPS) is 17.9. The smallest absolute Gasteiger partial charge is 0.259 e. The number of benzene rings is 1. The first kappa shape index (κ1) is 15.3. The van der Waals surface area contributed by atoms with Crippen LogP contribution in [0, 0.1) is 13.8 Å². The van der Waals surface area contributed by atoms with E-state index in [1.54, 1.807) is 28.9 Å². The van der Waals surface area contributed by atoms with E-state index in [4.69, 9.17) is 4.74 Å². The molecule has 1 atom stereocenters. The highest BCUT2D eigenvalue weighted by Crippen LogP contribution is 2.31. The molecule has 1 aromatic heterocycles. The largest absolute Gasteiger partial charge is 0.494 e. The van der Waals surface area contributed by atoms with Gasteiger partial charge in [-0.3, -0.25) is 14.3 Å². The van der Waals surface area contributed by atoms with Gasteiger partial charge in [-0.05, 0) is 51.1 Å². The Bertz CT molecular complexity index is 749. The number of rotatable bonds is 4. The van der Waals surface area contributed by atoms with Gasteiger partial charge in [-0.2, -0.15) is 5.10 Å². The number of aromatic nitrogens is 2. The van der Waals surface area contributed by atoms with Gasteiger partial charge in [0.05, 0.1) is 24.4 Å². The topological polar surface area (TPSA) is 64.4 Å². The summed E-state index contributed by atoms with van der Waals surface area (Å²) in [5.41, 5.74) is 2.27. The summed E-state index contributed by atoms with van der Waals surface area (Å²) in [6, 6.07) is 8.31. The molecule has 1 fully saturated rings. The summed E-state index contributed by atoms with van der Waals surface area (Å²) in [5.74, 6) is 0.257. The molecule has 1 saturated heterocycles. The molecule has 2 aromatic rings. The van der Waals surface area contributed by atoms with E-state index in [1.165, 1.54) is 4.90 Å². The van der Waals surface area contributed by atoms with Crippen LogP contribution in [-0.4, -0.2) is 28.2 Å². The van der Waals surface area contributed by atoms with Crippen molar-refractivity contribution in [2.45, 2.75) is 33.2 Å². The number of amides is 2. The second-order valence-corrected chi connectivity index (χ2v) is 5.59. The predicted octanol–water partition coefficient (Wildman–Crippen LogP) is 2.40. The number of carbonyl (C=O) groups is 2. The van der Waals surface area contributed by atoms with Gasteiger partial charge in [-0.1, -0.05) is 0 Å². The number of hydrogen-bond donors (Lipinski definition) is 0. The van der Waals surface area contributed by atoms with Gasteiger partial charge in [0.25, 0.3) is 5.91 Å². The lowest BCUT2D eigenvalue weighted by Gasteiger charge is -2.16. The highest BCUT2D eigenvalue weighted by molar-refractivity contribution is 6.21. The first-order valence-corrected chi connectivity index (χ1v) is 7.63. The molecule has 6 nitrogen and oxygen atoms in total. The summed E-state index contributed by atoms with van der Waals surface area (Å²) < 4.78 is 7.03. The lowest BCUT2D eigenvalue weighted by molar-refractivity contribution is -0.122. The minimum atomic E-state index is -0.567. The Balaban J connectivity index is 1.88. The van der Waals surface area contributed by atoms with Crippen LogP contribution in [0.1, 0.15) is 30.8 Å². The SMILES string of the molecule is CCOc1ccc(N2C(=O)C[C@@H](n3nc(C)cc3C)C2=O)cc1. The third-order valence-electron chi connectivity index (χ3n) is 3.87. The van der Waals surface area contributed by atoms with Crippen molar-refractivity contribution >= 4 is 17.5 Å². The number of carbonyl (C=O) groups excluding carboxylic acids is 2. The van der Waals surface area contributed by atoms with Gasteiger partial charge in [-0.15, -0.1) is 0 Å². The standard InChI is InChI=1S/C17H19N3O3/c1-4-23-14-7-5-13(6-8-14)19-16(21)10-15(17(19)22)20-12(3)9-11(2)18-20/h5-9,15H,4,10H2,1-3H3/t15-/m1/s1. The molecule has 1 aliphatic rings. The maximum Gasteiger partial charge on any atom is 0.259 e. The average molecular weight is 313 g/mol. The van der Waals surface area contributed by atoms with E-state index in [9.17, 15) is 9.59 Å². The highest BCUT2D eigenvalue weighted by atomic mass is 16.5. The first-order valence-electron chi connectivity index (χ1n) is 7.63. The van der Waals surface area contributed by atoms with Gasteiger partial charge in [0.1, 0.15) is 11.8 Å². The van der Waals surface area contributed by atoms with Crippen molar-refractivity contribution in [3.05, 3.63) is 41.7 Å². The molecule has 0 aliphatic carbocycles. The summed E-state index contributed by atoms with van der Waals surface area (Å²) in [7, 11) is 0. The molecule has 2 amide bonds. The molecule has 0 spiro atoms. The van der Waals surface area contributed by atoms with Gasteiger partial charge >= 0.3 is 0 Å². The van der Waals surface area contributed by atoms with Gasteiger partial charge in [-0.25, -0.2) is 4.90 Å². The van der Waals surface area contributed by atoms with Crippen LogP contribution in [0.3, 0.4) is 0 Å². The molecule has 0 saturated carbocycles. The van der Waals surface area contributed by atoms with E-state index >= 15 is 0 Å². The van der Waals surface area contributed by atoms with Gasteiger partial charge < -0.3 is 4.74 Å². The maximum atomic E-state index is 12.7. The fourth-order valence-electron chi connectivity index (χ4n) is 2.90. The van der Waals surface area contributed by atoms with Crippen LogP contribution in [0.4, 0.5) is 5.69 Å². The van der Waals surface area contributed by atoms with E-state index in [2.05, 4.69) is 5.10 Å². The second-order valence-electron chi connectivity index (χ2n) is 5.59. The first-order chi connectivity index (χ1) is 11.0. The molecule has 0 N–H and O–H groups in total. The third-order valence-corrected chi connectivity index (χ3v) is 3.87. The summed E-state index contributed by atoms with van der Waals surface area (Å²) in [6.07, 6.45) is 0.133. The van der Waals surface area contributed by atoms with Crippen molar-refractivity contribution in [1.29, 1.82) is 0 Å². The fourth-order valence-corrected chi connectivity index (χ4v) is 2.90. The molecule has 1 aliphatic heterocycles. The molecule has 3 rings (SSSR count). The van der Waals surface area contributed by atoms with Crippen molar-refractivity contribution in [3.8, 4) is 5.75 Å². The van der Waals surface area contributed by atoms with Crippen LogP contribution in [-0.2, 0) is 9.59 Å². The average Bonchev–Trinajstić information content (AvgIpc) is 2.99. The van der Waals surface area contributed by atoms with E-state index < -0.39 is 6.04 Å². The summed E-state index contributed by atoms with van der Waals surface area (Å²) >= 11 is 0. The van der Waals surface area contributed by atoms with Crippen LogP contribution < -0.4 is 9.64 Å². The second kappa shape index (κ2) is 5.87. The Labute approximate surface area is 134 Å². The van der Waals surface area contributed by atoms with Gasteiger partial charge in [0.15, 0.2) is 0 Å². The zero-order valence-electron chi connectivity index (χ0n) is 13.4. The van der Waals surface area contributed by atoms with Crippen LogP contribution in [0.2, 0.25) is 0 Å². The molecule has 1 aromatic carbocycles. The van der Waals surface area contributed by atoms with Crippen molar-refractivity contribution in [2.24, 2.45) is 0 Å². The monoisotopic (exact) mass is 313 g/mol. The van der Waals surface area contributed by atoms with Crippen LogP contribution in [0.25, 0.3) is 0 Å². The number of imide groups is 1. The number of ether oxygens (including phenoxy) is 1. The summed E-state index contributed by atoms with van der Waals surface area (Å²) in [6.45, 7) is 6.23. The number of hydrogen-bond acceptors (Lipinski definition) is 4. The van der Waals surface area contributed by atoms with Crippen molar-refractivity contribution in [1.82, 2.24) is 9.78 Å². The minimum Gasteiger partial charge on any atom is -0.494 e. The molecule has 23 heavy (non-hydrogen) atoms. The Kier molecular flexibility index (Phi) is 3.90. The van der Waals surface area contributed by atoms with Crippen molar-refractivity contribution in [3.63, 3.8) is 0 Å². The summed E-state index contributed by atoms with van der Waals surface area (Å²) in [5, 5.41) is 4.34. The van der Waals surface area contributed by atoms with Crippen LogP contribution in [0.5, 0.6) is 5.75 Å². The molecule has 0 bridgehead atoms. The minimum absolute atomic E-state index is 0.133. The van der Waals surface area contributed by atoms with E-state index in [-0.39, 0.29) is 18.2 Å². The Hall–Kier alpha value is -2.63. The molecule has 6 heteroatoms. The number of anilines is 1. The third kappa shape index (κ3) is 2.72. The zero-order chi connectivity index (χ0) is 16.6. The molecule has 2 heterocycles. The van der Waals surface area contributed by atoms with Crippen molar-refractivity contribution in [2.75, 3.05) is 11.5 Å². The van der Waals surface area contributed by atoms with Crippen molar-refractivity contribution < 1.29 is 14.3 Å². The highest BCUT2D eigenvalue weighted by Gasteiger charge is 2.41. The number of aryl methyl sites for hydroxylation is 2. The van der Waals surface area contributed by atoms with Crippen LogP contribution >= 0.6 is 0 Å². The number of nitrogens with zero attached hydrogens (tertiary/aromatic N) is 3.